The molecule has 0 radical (unpaired) electrons. The van der Waals surface area contributed by atoms with Crippen molar-refractivity contribution in [3.63, 3.8) is 0 Å². The maximum Gasteiger partial charge on any atom is 0.205 e. The average Bonchev–Trinajstić information content (AvgIpc) is 2.78. The Morgan fingerprint density at radius 2 is 2.24 bits per heavy atom. The Morgan fingerprint density at radius 1 is 1.41 bits per heavy atom. The number of methoxy groups -OCH3 is 1. The Morgan fingerprint density at radius 3 is 2.88 bits per heavy atom. The first-order valence-electron chi connectivity index (χ1n) is 5.16. The lowest BCUT2D eigenvalue weighted by atomic mass is 10.2. The van der Waals surface area contributed by atoms with Gasteiger partial charge in [-0.1, -0.05) is 11.3 Å². The lowest BCUT2D eigenvalue weighted by Crippen LogP contribution is -1.94. The monoisotopic (exact) mass is 253 g/mol. The molecule has 0 saturated heterocycles. The minimum atomic E-state index is -0.358. The fraction of sp³-hybridized carbons (Fsp3) is 0.273. The van der Waals surface area contributed by atoms with E-state index in [1.165, 1.54) is 24.5 Å². The molecule has 0 unspecified atom stereocenters. The number of ether oxygens (including phenoxy) is 1. The molecule has 6 heteroatoms. The van der Waals surface area contributed by atoms with Crippen LogP contribution in [0.3, 0.4) is 0 Å². The summed E-state index contributed by atoms with van der Waals surface area (Å²) in [6.45, 7) is 2.73. The normalized spacial score (nSPS) is 10.3. The molecular formula is C11H12FN3OS. The molecule has 0 spiro atoms. The molecule has 0 aliphatic heterocycles. The fourth-order valence-electron chi connectivity index (χ4n) is 1.35. The van der Waals surface area contributed by atoms with Crippen LogP contribution in [-0.2, 0) is 0 Å². The number of rotatable bonds is 4. The second-order valence-electron chi connectivity index (χ2n) is 3.29. The maximum atomic E-state index is 13.8. The highest BCUT2D eigenvalue weighted by Crippen LogP contribution is 2.30. The van der Waals surface area contributed by atoms with Gasteiger partial charge in [0.1, 0.15) is 11.6 Å². The molecule has 0 amide bonds. The Hall–Kier alpha value is -1.69. The van der Waals surface area contributed by atoms with Gasteiger partial charge in [-0.15, -0.1) is 10.2 Å². The molecule has 0 bridgehead atoms. The molecule has 0 fully saturated rings. The minimum Gasteiger partial charge on any atom is -0.497 e. The molecule has 1 aromatic carbocycles. The molecule has 1 aromatic heterocycles. The number of anilines is 1. The third-order valence-corrected chi connectivity index (χ3v) is 3.07. The highest BCUT2D eigenvalue weighted by atomic mass is 32.1. The molecule has 0 aliphatic rings. The van der Waals surface area contributed by atoms with Crippen molar-refractivity contribution in [1.29, 1.82) is 0 Å². The van der Waals surface area contributed by atoms with Crippen LogP contribution in [0.15, 0.2) is 18.2 Å². The van der Waals surface area contributed by atoms with Crippen LogP contribution < -0.4 is 10.1 Å². The van der Waals surface area contributed by atoms with Crippen LogP contribution in [0, 0.1) is 5.82 Å². The zero-order chi connectivity index (χ0) is 12.3. The molecule has 1 heterocycles. The molecule has 0 atom stereocenters. The van der Waals surface area contributed by atoms with Crippen molar-refractivity contribution in [3.05, 3.63) is 24.0 Å². The number of benzene rings is 1. The van der Waals surface area contributed by atoms with Crippen LogP contribution in [0.25, 0.3) is 10.6 Å². The van der Waals surface area contributed by atoms with Crippen LogP contribution in [0.5, 0.6) is 5.75 Å². The predicted molar refractivity (Wildman–Crippen MR) is 66.0 cm³/mol. The van der Waals surface area contributed by atoms with Crippen LogP contribution >= 0.6 is 11.3 Å². The second-order valence-corrected chi connectivity index (χ2v) is 4.27. The van der Waals surface area contributed by atoms with Gasteiger partial charge in [0.25, 0.3) is 0 Å². The molecule has 90 valence electrons. The van der Waals surface area contributed by atoms with Crippen molar-refractivity contribution in [2.24, 2.45) is 0 Å². The minimum absolute atomic E-state index is 0.358. The summed E-state index contributed by atoms with van der Waals surface area (Å²) < 4.78 is 18.7. The van der Waals surface area contributed by atoms with Crippen molar-refractivity contribution < 1.29 is 9.13 Å². The largest absolute Gasteiger partial charge is 0.497 e. The van der Waals surface area contributed by atoms with Gasteiger partial charge in [0.05, 0.1) is 7.11 Å². The van der Waals surface area contributed by atoms with Gasteiger partial charge in [-0.3, -0.25) is 0 Å². The predicted octanol–water partition coefficient (Wildman–Crippen LogP) is 2.78. The van der Waals surface area contributed by atoms with E-state index in [1.807, 2.05) is 6.92 Å². The first kappa shape index (κ1) is 11.8. The smallest absolute Gasteiger partial charge is 0.205 e. The molecule has 0 saturated carbocycles. The van der Waals surface area contributed by atoms with Crippen molar-refractivity contribution in [2.45, 2.75) is 6.92 Å². The molecule has 1 N–H and O–H groups in total. The summed E-state index contributed by atoms with van der Waals surface area (Å²) in [4.78, 5) is 0. The Labute approximate surface area is 102 Å². The summed E-state index contributed by atoms with van der Waals surface area (Å²) in [6, 6.07) is 4.68. The highest BCUT2D eigenvalue weighted by Gasteiger charge is 2.11. The van der Waals surface area contributed by atoms with Crippen LogP contribution in [0.1, 0.15) is 6.92 Å². The van der Waals surface area contributed by atoms with Gasteiger partial charge in [0, 0.05) is 18.2 Å². The van der Waals surface area contributed by atoms with Crippen molar-refractivity contribution in [1.82, 2.24) is 10.2 Å². The van der Waals surface area contributed by atoms with Crippen molar-refractivity contribution >= 4 is 16.5 Å². The molecule has 2 aromatic rings. The summed E-state index contributed by atoms with van der Waals surface area (Å²) >= 11 is 1.32. The van der Waals surface area contributed by atoms with Crippen LogP contribution in [0.4, 0.5) is 9.52 Å². The lowest BCUT2D eigenvalue weighted by Gasteiger charge is -2.02. The zero-order valence-corrected chi connectivity index (χ0v) is 10.3. The van der Waals surface area contributed by atoms with E-state index >= 15 is 0 Å². The topological polar surface area (TPSA) is 47.0 Å². The maximum absolute atomic E-state index is 13.8. The van der Waals surface area contributed by atoms with Crippen LogP contribution in [0.2, 0.25) is 0 Å². The Balaban J connectivity index is 2.32. The molecule has 2 rings (SSSR count). The molecular weight excluding hydrogens is 241 g/mol. The SMILES string of the molecule is CCNc1nnc(-c2ccc(OC)cc2F)s1. The van der Waals surface area contributed by atoms with E-state index in [2.05, 4.69) is 15.5 Å². The van der Waals surface area contributed by atoms with Gasteiger partial charge in [-0.2, -0.15) is 0 Å². The summed E-state index contributed by atoms with van der Waals surface area (Å²) in [5.41, 5.74) is 0.437. The van der Waals surface area contributed by atoms with Crippen LogP contribution in [-0.4, -0.2) is 23.9 Å². The molecule has 0 aliphatic carbocycles. The summed E-state index contributed by atoms with van der Waals surface area (Å²) in [5, 5.41) is 12.2. The average molecular weight is 253 g/mol. The Kier molecular flexibility index (Phi) is 3.53. The Bertz CT molecular complexity index is 515. The third kappa shape index (κ3) is 2.52. The first-order valence-corrected chi connectivity index (χ1v) is 5.97. The number of halogens is 1. The third-order valence-electron chi connectivity index (χ3n) is 2.16. The van der Waals surface area contributed by atoms with E-state index in [-0.39, 0.29) is 5.82 Å². The van der Waals surface area contributed by atoms with Crippen molar-refractivity contribution in [2.75, 3.05) is 19.0 Å². The van der Waals surface area contributed by atoms with E-state index < -0.39 is 0 Å². The number of hydrogen-bond acceptors (Lipinski definition) is 5. The van der Waals surface area contributed by atoms with Gasteiger partial charge >= 0.3 is 0 Å². The summed E-state index contributed by atoms with van der Waals surface area (Å²) in [6.07, 6.45) is 0. The zero-order valence-electron chi connectivity index (χ0n) is 9.53. The van der Waals surface area contributed by atoms with Gasteiger partial charge in [-0.05, 0) is 19.1 Å². The highest BCUT2D eigenvalue weighted by molar-refractivity contribution is 7.18. The van der Waals surface area contributed by atoms with Crippen molar-refractivity contribution in [3.8, 4) is 16.3 Å². The number of nitrogens with zero attached hydrogens (tertiary/aromatic N) is 2. The van der Waals surface area contributed by atoms with E-state index in [1.54, 1.807) is 12.1 Å². The number of nitrogens with one attached hydrogen (secondary N) is 1. The number of hydrogen-bond donors (Lipinski definition) is 1. The second kappa shape index (κ2) is 5.09. The van der Waals surface area contributed by atoms with Gasteiger partial charge in [-0.25, -0.2) is 4.39 Å². The van der Waals surface area contributed by atoms with E-state index in [0.717, 1.165) is 6.54 Å². The van der Waals surface area contributed by atoms with E-state index in [4.69, 9.17) is 4.74 Å². The van der Waals surface area contributed by atoms with Gasteiger partial charge in [0.15, 0.2) is 5.01 Å². The summed E-state index contributed by atoms with van der Waals surface area (Å²) in [7, 11) is 1.50. The van der Waals surface area contributed by atoms with E-state index in [0.29, 0.717) is 21.5 Å². The quantitative estimate of drug-likeness (QED) is 0.910. The number of aromatic nitrogens is 2. The summed E-state index contributed by atoms with van der Waals surface area (Å²) in [5.74, 6) is 0.131. The fourth-order valence-corrected chi connectivity index (χ4v) is 2.19. The molecule has 4 nitrogen and oxygen atoms in total. The van der Waals surface area contributed by atoms with Gasteiger partial charge in [0.2, 0.25) is 5.13 Å². The lowest BCUT2D eigenvalue weighted by molar-refractivity contribution is 0.411. The standard InChI is InChI=1S/C11H12FN3OS/c1-3-13-11-15-14-10(17-11)8-5-4-7(16-2)6-9(8)12/h4-6H,3H2,1-2H3,(H,13,15). The van der Waals surface area contributed by atoms with E-state index in [9.17, 15) is 4.39 Å². The molecule has 17 heavy (non-hydrogen) atoms. The first-order chi connectivity index (χ1) is 8.24. The van der Waals surface area contributed by atoms with Gasteiger partial charge < -0.3 is 10.1 Å².